The molecule has 2 bridgehead atoms. The normalized spacial score (nSPS) is 28.8. The molecule has 3 unspecified atom stereocenters. The van der Waals surface area contributed by atoms with E-state index in [-0.39, 0.29) is 30.6 Å². The lowest BCUT2D eigenvalue weighted by atomic mass is 9.99. The van der Waals surface area contributed by atoms with Gasteiger partial charge in [-0.05, 0) is 46.0 Å². The van der Waals surface area contributed by atoms with E-state index in [0.29, 0.717) is 12.5 Å². The molecule has 6 heteroatoms. The Morgan fingerprint density at radius 1 is 1.35 bits per heavy atom. The number of carbonyl (C=O) groups excluding carboxylic acids is 2. The molecule has 2 aliphatic rings. The van der Waals surface area contributed by atoms with Crippen molar-refractivity contribution < 1.29 is 14.3 Å². The van der Waals surface area contributed by atoms with Gasteiger partial charge in [0.15, 0.2) is 0 Å². The Balaban J connectivity index is 1.97. The van der Waals surface area contributed by atoms with E-state index in [1.807, 2.05) is 25.7 Å². The number of carbonyl (C=O) groups is 2. The van der Waals surface area contributed by atoms with E-state index in [1.165, 1.54) is 0 Å². The Hall–Kier alpha value is -1.30. The number of rotatable bonds is 4. The molecule has 2 rings (SSSR count). The van der Waals surface area contributed by atoms with E-state index in [4.69, 9.17) is 10.5 Å². The lowest BCUT2D eigenvalue weighted by molar-refractivity contribution is -0.117. The van der Waals surface area contributed by atoms with Gasteiger partial charge in [0.2, 0.25) is 5.91 Å². The molecule has 2 fully saturated rings. The topological polar surface area (TPSA) is 84.7 Å². The van der Waals surface area contributed by atoms with Gasteiger partial charge in [0.1, 0.15) is 5.60 Å². The van der Waals surface area contributed by atoms with E-state index >= 15 is 0 Å². The molecule has 6 nitrogen and oxygen atoms in total. The average Bonchev–Trinajstić information content (AvgIpc) is 2.86. The summed E-state index contributed by atoms with van der Waals surface area (Å²) in [7, 11) is 0. The van der Waals surface area contributed by atoms with Gasteiger partial charge in [-0.15, -0.1) is 0 Å². The number of nitrogens with one attached hydrogen (secondary N) is 1. The predicted molar refractivity (Wildman–Crippen MR) is 75.1 cm³/mol. The highest BCUT2D eigenvalue weighted by Crippen LogP contribution is 2.42. The van der Waals surface area contributed by atoms with E-state index in [2.05, 4.69) is 5.32 Å². The van der Waals surface area contributed by atoms with E-state index in [0.717, 1.165) is 19.3 Å². The van der Waals surface area contributed by atoms with Crippen LogP contribution in [-0.2, 0) is 9.53 Å². The smallest absolute Gasteiger partial charge is 0.410 e. The minimum Gasteiger partial charge on any atom is -0.444 e. The second kappa shape index (κ2) is 5.60. The van der Waals surface area contributed by atoms with Crippen molar-refractivity contribution in [1.82, 2.24) is 10.2 Å². The minimum atomic E-state index is -0.482. The van der Waals surface area contributed by atoms with Crippen molar-refractivity contribution in [3.63, 3.8) is 0 Å². The number of ether oxygens (including phenoxy) is 1. The van der Waals surface area contributed by atoms with Crippen LogP contribution in [0.1, 0.15) is 40.0 Å². The van der Waals surface area contributed by atoms with Crippen molar-refractivity contribution in [2.75, 3.05) is 13.1 Å². The van der Waals surface area contributed by atoms with Crippen LogP contribution in [0, 0.1) is 5.92 Å². The molecule has 3 N–H and O–H groups in total. The molecular formula is C14H25N3O3. The molecule has 1 aliphatic carbocycles. The van der Waals surface area contributed by atoms with Crippen LogP contribution in [0.5, 0.6) is 0 Å². The first kappa shape index (κ1) is 15.1. The molecular weight excluding hydrogens is 258 g/mol. The summed E-state index contributed by atoms with van der Waals surface area (Å²) in [6.45, 7) is 6.37. The monoisotopic (exact) mass is 283 g/mol. The highest BCUT2D eigenvalue weighted by Gasteiger charge is 2.48. The molecule has 0 aromatic rings. The van der Waals surface area contributed by atoms with E-state index in [1.54, 1.807) is 0 Å². The summed E-state index contributed by atoms with van der Waals surface area (Å²) < 4.78 is 5.50. The third-order valence-corrected chi connectivity index (χ3v) is 4.00. The summed E-state index contributed by atoms with van der Waals surface area (Å²) in [6, 6.07) is 0.401. The van der Waals surface area contributed by atoms with Gasteiger partial charge in [0.05, 0.1) is 12.6 Å². The first-order chi connectivity index (χ1) is 9.28. The molecule has 0 radical (unpaired) electrons. The molecule has 114 valence electrons. The summed E-state index contributed by atoms with van der Waals surface area (Å²) in [5, 5.41) is 3.04. The first-order valence-corrected chi connectivity index (χ1v) is 7.28. The summed E-state index contributed by atoms with van der Waals surface area (Å²) in [4.78, 5) is 25.0. The van der Waals surface area contributed by atoms with Gasteiger partial charge >= 0.3 is 6.09 Å². The molecule has 3 atom stereocenters. The maximum Gasteiger partial charge on any atom is 0.410 e. The number of amides is 2. The van der Waals surface area contributed by atoms with Gasteiger partial charge in [-0.3, -0.25) is 4.79 Å². The highest BCUT2D eigenvalue weighted by molar-refractivity contribution is 5.75. The van der Waals surface area contributed by atoms with E-state index in [9.17, 15) is 9.59 Å². The predicted octanol–water partition coefficient (Wildman–Crippen LogP) is 0.849. The van der Waals surface area contributed by atoms with Crippen LogP contribution in [0.15, 0.2) is 0 Å². The number of primary amides is 1. The van der Waals surface area contributed by atoms with Gasteiger partial charge < -0.3 is 20.7 Å². The van der Waals surface area contributed by atoms with Crippen molar-refractivity contribution in [2.24, 2.45) is 11.7 Å². The van der Waals surface area contributed by atoms with Gasteiger partial charge in [0.25, 0.3) is 0 Å². The highest BCUT2D eigenvalue weighted by atomic mass is 16.6. The average molecular weight is 283 g/mol. The number of hydrogen-bond acceptors (Lipinski definition) is 4. The zero-order valence-electron chi connectivity index (χ0n) is 12.5. The van der Waals surface area contributed by atoms with Crippen LogP contribution in [-0.4, -0.2) is 47.7 Å². The van der Waals surface area contributed by atoms with Crippen LogP contribution in [0.4, 0.5) is 4.79 Å². The van der Waals surface area contributed by atoms with Crippen molar-refractivity contribution >= 4 is 12.0 Å². The number of nitrogens with two attached hydrogens (primary N) is 1. The number of nitrogens with zero attached hydrogens (tertiary/aromatic N) is 1. The van der Waals surface area contributed by atoms with Gasteiger partial charge in [-0.1, -0.05) is 0 Å². The van der Waals surface area contributed by atoms with Crippen LogP contribution in [0.3, 0.4) is 0 Å². The zero-order chi connectivity index (χ0) is 14.9. The molecule has 1 heterocycles. The molecule has 2 amide bonds. The molecule has 0 aromatic carbocycles. The summed E-state index contributed by atoms with van der Waals surface area (Å²) in [6.07, 6.45) is 3.00. The largest absolute Gasteiger partial charge is 0.444 e. The van der Waals surface area contributed by atoms with Crippen LogP contribution in [0.2, 0.25) is 0 Å². The minimum absolute atomic E-state index is 0.114. The van der Waals surface area contributed by atoms with Crippen molar-refractivity contribution in [1.29, 1.82) is 0 Å². The van der Waals surface area contributed by atoms with Crippen molar-refractivity contribution in [2.45, 2.75) is 57.7 Å². The first-order valence-electron chi connectivity index (χ1n) is 7.28. The van der Waals surface area contributed by atoms with Crippen molar-refractivity contribution in [3.8, 4) is 0 Å². The second-order valence-corrected chi connectivity index (χ2v) is 6.78. The fourth-order valence-corrected chi connectivity index (χ4v) is 3.30. The van der Waals surface area contributed by atoms with Crippen molar-refractivity contribution in [3.05, 3.63) is 0 Å². The molecule has 1 saturated carbocycles. The lowest BCUT2D eigenvalue weighted by Gasteiger charge is -2.36. The SMILES string of the molecule is CC(C)(C)OC(=O)N1C2CCC(C2)C1CNCC(N)=O. The van der Waals surface area contributed by atoms with Crippen LogP contribution >= 0.6 is 0 Å². The quantitative estimate of drug-likeness (QED) is 0.801. The maximum absolute atomic E-state index is 12.3. The molecule has 20 heavy (non-hydrogen) atoms. The van der Waals surface area contributed by atoms with Gasteiger partial charge in [-0.25, -0.2) is 4.79 Å². The fraction of sp³-hybridized carbons (Fsp3) is 0.857. The lowest BCUT2D eigenvalue weighted by Crippen LogP contribution is -2.51. The fourth-order valence-electron chi connectivity index (χ4n) is 3.30. The summed E-state index contributed by atoms with van der Waals surface area (Å²) >= 11 is 0. The Labute approximate surface area is 120 Å². The van der Waals surface area contributed by atoms with Gasteiger partial charge in [0, 0.05) is 12.6 Å². The third kappa shape index (κ3) is 3.42. The summed E-state index contributed by atoms with van der Waals surface area (Å²) in [5.41, 5.74) is 4.64. The molecule has 0 spiro atoms. The Kier molecular flexibility index (Phi) is 4.22. The molecule has 1 saturated heterocycles. The van der Waals surface area contributed by atoms with Gasteiger partial charge in [-0.2, -0.15) is 0 Å². The van der Waals surface area contributed by atoms with Crippen LogP contribution in [0.25, 0.3) is 0 Å². The maximum atomic E-state index is 12.3. The Bertz CT molecular complexity index is 392. The summed E-state index contributed by atoms with van der Waals surface area (Å²) in [5.74, 6) is 0.130. The van der Waals surface area contributed by atoms with Crippen LogP contribution < -0.4 is 11.1 Å². The Morgan fingerprint density at radius 2 is 2.05 bits per heavy atom. The number of piperidine rings is 1. The number of fused-ring (bicyclic) bond motifs is 2. The zero-order valence-corrected chi connectivity index (χ0v) is 12.5. The second-order valence-electron chi connectivity index (χ2n) is 6.78. The number of likely N-dealkylation sites (tertiary alicyclic amines) is 1. The molecule has 1 aliphatic heterocycles. The standard InChI is InChI=1S/C14H25N3O3/c1-14(2,3)20-13(19)17-10-5-4-9(6-10)11(17)7-16-8-12(15)18/h9-11,16H,4-8H2,1-3H3,(H2,15,18). The number of hydrogen-bond donors (Lipinski definition) is 2. The third-order valence-electron chi connectivity index (χ3n) is 4.00. The van der Waals surface area contributed by atoms with E-state index < -0.39 is 5.60 Å². The molecule has 0 aromatic heterocycles. The Morgan fingerprint density at radius 3 is 2.65 bits per heavy atom.